The highest BCUT2D eigenvalue weighted by Crippen LogP contribution is 2.24. The number of nitrogens with one attached hydrogen (secondary N) is 1. The summed E-state index contributed by atoms with van der Waals surface area (Å²) in [6, 6.07) is 9.28. The van der Waals surface area contributed by atoms with E-state index in [-0.39, 0.29) is 12.0 Å². The fourth-order valence-electron chi connectivity index (χ4n) is 2.40. The Balaban J connectivity index is 1.73. The van der Waals surface area contributed by atoms with Gasteiger partial charge in [-0.25, -0.2) is 0 Å². The van der Waals surface area contributed by atoms with Gasteiger partial charge in [0, 0.05) is 17.3 Å². The van der Waals surface area contributed by atoms with Crippen LogP contribution in [-0.4, -0.2) is 40.7 Å². The van der Waals surface area contributed by atoms with Gasteiger partial charge in [-0.3, -0.25) is 9.89 Å². The van der Waals surface area contributed by atoms with E-state index in [0.717, 1.165) is 11.3 Å². The summed E-state index contributed by atoms with van der Waals surface area (Å²) < 4.78 is 5.76. The second-order valence-electron chi connectivity index (χ2n) is 5.10. The summed E-state index contributed by atoms with van der Waals surface area (Å²) in [5.41, 5.74) is 2.35. The lowest BCUT2D eigenvalue weighted by atomic mass is 10.1. The molecule has 5 nitrogen and oxygen atoms in total. The molecule has 1 amide bonds. The number of benzene rings is 1. The predicted octanol–water partition coefficient (Wildman–Crippen LogP) is 2.59. The molecule has 6 heteroatoms. The van der Waals surface area contributed by atoms with Crippen molar-refractivity contribution in [3.63, 3.8) is 0 Å². The number of amides is 1. The molecule has 1 aromatic heterocycles. The maximum absolute atomic E-state index is 12.4. The van der Waals surface area contributed by atoms with Crippen LogP contribution in [0.15, 0.2) is 30.3 Å². The second-order valence-corrected chi connectivity index (χ2v) is 5.53. The summed E-state index contributed by atoms with van der Waals surface area (Å²) in [6.07, 6.45) is -0.125. The van der Waals surface area contributed by atoms with Crippen LogP contribution in [0.5, 0.6) is 0 Å². The van der Waals surface area contributed by atoms with Gasteiger partial charge in [0.1, 0.15) is 11.8 Å². The number of aromatic nitrogens is 2. The third-order valence-electron chi connectivity index (χ3n) is 3.52. The van der Waals surface area contributed by atoms with Crippen LogP contribution < -0.4 is 0 Å². The number of aryl methyl sites for hydroxylation is 1. The summed E-state index contributed by atoms with van der Waals surface area (Å²) in [7, 11) is 0. The molecule has 2 aromatic rings. The van der Waals surface area contributed by atoms with Crippen molar-refractivity contribution in [2.75, 3.05) is 19.7 Å². The first kappa shape index (κ1) is 14.1. The largest absolute Gasteiger partial charge is 0.370 e. The monoisotopic (exact) mass is 305 g/mol. The lowest BCUT2D eigenvalue weighted by molar-refractivity contribution is -0.0230. The van der Waals surface area contributed by atoms with Crippen LogP contribution in [0, 0.1) is 6.92 Å². The van der Waals surface area contributed by atoms with E-state index in [1.54, 1.807) is 11.0 Å². The highest BCUT2D eigenvalue weighted by molar-refractivity contribution is 6.30. The fourth-order valence-corrected chi connectivity index (χ4v) is 2.53. The van der Waals surface area contributed by atoms with Crippen LogP contribution in [0.25, 0.3) is 0 Å². The van der Waals surface area contributed by atoms with Crippen LogP contribution in [0.4, 0.5) is 0 Å². The Labute approximate surface area is 127 Å². The topological polar surface area (TPSA) is 58.2 Å². The predicted molar refractivity (Wildman–Crippen MR) is 79.4 cm³/mol. The molecule has 2 heterocycles. The average Bonchev–Trinajstić information content (AvgIpc) is 2.94. The van der Waals surface area contributed by atoms with E-state index in [1.165, 1.54) is 0 Å². The van der Waals surface area contributed by atoms with E-state index >= 15 is 0 Å². The Morgan fingerprint density at radius 3 is 2.86 bits per heavy atom. The number of hydrogen-bond donors (Lipinski definition) is 1. The van der Waals surface area contributed by atoms with Crippen molar-refractivity contribution < 1.29 is 9.53 Å². The minimum Gasteiger partial charge on any atom is -0.370 e. The van der Waals surface area contributed by atoms with Gasteiger partial charge in [-0.15, -0.1) is 0 Å². The number of nitrogens with zero attached hydrogens (tertiary/aromatic N) is 2. The third kappa shape index (κ3) is 3.09. The third-order valence-corrected chi connectivity index (χ3v) is 3.77. The zero-order valence-electron chi connectivity index (χ0n) is 11.7. The second kappa shape index (κ2) is 5.87. The molecule has 1 fully saturated rings. The number of carbonyl (C=O) groups is 1. The number of halogens is 1. The lowest BCUT2D eigenvalue weighted by Gasteiger charge is -2.32. The van der Waals surface area contributed by atoms with Gasteiger partial charge in [-0.1, -0.05) is 23.7 Å². The van der Waals surface area contributed by atoms with Gasteiger partial charge in [-0.2, -0.15) is 5.10 Å². The first-order chi connectivity index (χ1) is 10.1. The molecule has 0 bridgehead atoms. The summed E-state index contributed by atoms with van der Waals surface area (Å²) in [5.74, 6) is -0.0680. The summed E-state index contributed by atoms with van der Waals surface area (Å²) in [4.78, 5) is 14.2. The SMILES string of the molecule is Cc1cc(C(=O)N2CCO[C@H](c3ccc(Cl)cc3)C2)n[nH]1. The number of aromatic amines is 1. The molecule has 1 atom stereocenters. The number of carbonyl (C=O) groups excluding carboxylic acids is 1. The van der Waals surface area contributed by atoms with E-state index in [4.69, 9.17) is 16.3 Å². The van der Waals surface area contributed by atoms with Crippen molar-refractivity contribution in [3.8, 4) is 0 Å². The minimum absolute atomic E-state index is 0.0680. The first-order valence-corrected chi connectivity index (χ1v) is 7.19. The minimum atomic E-state index is -0.125. The van der Waals surface area contributed by atoms with Crippen LogP contribution in [0.3, 0.4) is 0 Å². The maximum Gasteiger partial charge on any atom is 0.274 e. The summed E-state index contributed by atoms with van der Waals surface area (Å²) in [6.45, 7) is 3.49. The molecule has 3 rings (SSSR count). The van der Waals surface area contributed by atoms with Gasteiger partial charge in [0.05, 0.1) is 13.2 Å². The van der Waals surface area contributed by atoms with Crippen LogP contribution >= 0.6 is 11.6 Å². The van der Waals surface area contributed by atoms with Crippen molar-refractivity contribution in [1.82, 2.24) is 15.1 Å². The standard InChI is InChI=1S/C15H16ClN3O2/c1-10-8-13(18-17-10)15(20)19-6-7-21-14(9-19)11-2-4-12(16)5-3-11/h2-5,8,14H,6-7,9H2,1H3,(H,17,18)/t14-/m0/s1. The van der Waals surface area contributed by atoms with E-state index < -0.39 is 0 Å². The molecule has 1 aromatic carbocycles. The van der Waals surface area contributed by atoms with Gasteiger partial charge in [-0.05, 0) is 30.7 Å². The maximum atomic E-state index is 12.4. The van der Waals surface area contributed by atoms with Gasteiger partial charge in [0.25, 0.3) is 5.91 Å². The highest BCUT2D eigenvalue weighted by Gasteiger charge is 2.27. The summed E-state index contributed by atoms with van der Waals surface area (Å²) in [5, 5.41) is 7.51. The van der Waals surface area contributed by atoms with Crippen LogP contribution in [-0.2, 0) is 4.74 Å². The Hall–Kier alpha value is -1.85. The number of H-pyrrole nitrogens is 1. The molecule has 0 spiro atoms. The highest BCUT2D eigenvalue weighted by atomic mass is 35.5. The average molecular weight is 306 g/mol. The molecule has 1 aliphatic heterocycles. The number of hydrogen-bond acceptors (Lipinski definition) is 3. The molecular weight excluding hydrogens is 290 g/mol. The molecule has 0 saturated carbocycles. The van der Waals surface area contributed by atoms with E-state index in [9.17, 15) is 4.79 Å². The van der Waals surface area contributed by atoms with Crippen molar-refractivity contribution in [3.05, 3.63) is 52.3 Å². The Morgan fingerprint density at radius 2 is 2.19 bits per heavy atom. The zero-order chi connectivity index (χ0) is 14.8. The van der Waals surface area contributed by atoms with Gasteiger partial charge in [0.15, 0.2) is 0 Å². The number of ether oxygens (including phenoxy) is 1. The van der Waals surface area contributed by atoms with E-state index in [0.29, 0.717) is 30.4 Å². The van der Waals surface area contributed by atoms with Gasteiger partial charge in [0.2, 0.25) is 0 Å². The quantitative estimate of drug-likeness (QED) is 0.928. The van der Waals surface area contributed by atoms with E-state index in [1.807, 2.05) is 31.2 Å². The summed E-state index contributed by atoms with van der Waals surface area (Å²) >= 11 is 5.89. The van der Waals surface area contributed by atoms with Gasteiger partial charge >= 0.3 is 0 Å². The Bertz CT molecular complexity index is 639. The Morgan fingerprint density at radius 1 is 1.43 bits per heavy atom. The Kier molecular flexibility index (Phi) is 3.94. The lowest BCUT2D eigenvalue weighted by Crippen LogP contribution is -2.42. The molecule has 0 unspecified atom stereocenters. The molecule has 110 valence electrons. The van der Waals surface area contributed by atoms with Crippen molar-refractivity contribution >= 4 is 17.5 Å². The number of rotatable bonds is 2. The van der Waals surface area contributed by atoms with Crippen molar-refractivity contribution in [1.29, 1.82) is 0 Å². The first-order valence-electron chi connectivity index (χ1n) is 6.82. The number of morpholine rings is 1. The smallest absolute Gasteiger partial charge is 0.274 e. The van der Waals surface area contributed by atoms with Crippen molar-refractivity contribution in [2.24, 2.45) is 0 Å². The molecule has 0 radical (unpaired) electrons. The molecule has 0 aliphatic carbocycles. The zero-order valence-corrected chi connectivity index (χ0v) is 12.4. The molecule has 1 N–H and O–H groups in total. The van der Waals surface area contributed by atoms with E-state index in [2.05, 4.69) is 10.2 Å². The molecular formula is C15H16ClN3O2. The molecule has 21 heavy (non-hydrogen) atoms. The van der Waals surface area contributed by atoms with Crippen LogP contribution in [0.1, 0.15) is 27.8 Å². The molecule has 1 saturated heterocycles. The normalized spacial score (nSPS) is 18.8. The van der Waals surface area contributed by atoms with Crippen molar-refractivity contribution in [2.45, 2.75) is 13.0 Å². The van der Waals surface area contributed by atoms with Crippen LogP contribution in [0.2, 0.25) is 5.02 Å². The molecule has 1 aliphatic rings. The fraction of sp³-hybridized carbons (Fsp3) is 0.333. The van der Waals surface area contributed by atoms with Gasteiger partial charge < -0.3 is 9.64 Å².